The van der Waals surface area contributed by atoms with E-state index in [-0.39, 0.29) is 0 Å². The quantitative estimate of drug-likeness (QED) is 0.623. The van der Waals surface area contributed by atoms with Crippen molar-refractivity contribution in [3.8, 4) is 17.2 Å². The molecular weight excluding hydrogens is 340 g/mol. The van der Waals surface area contributed by atoms with Gasteiger partial charge >= 0.3 is 0 Å². The third kappa shape index (κ3) is 3.60. The lowest BCUT2D eigenvalue weighted by atomic mass is 10.2. The molecule has 0 saturated heterocycles. The maximum Gasteiger partial charge on any atom is 0.257 e. The molecule has 114 valence electrons. The van der Waals surface area contributed by atoms with Crippen molar-refractivity contribution in [2.24, 2.45) is 0 Å². The summed E-state index contributed by atoms with van der Waals surface area (Å²) in [5.41, 5.74) is 0.866. The van der Waals surface area contributed by atoms with Gasteiger partial charge in [-0.15, -0.1) is 10.2 Å². The van der Waals surface area contributed by atoms with E-state index >= 15 is 0 Å². The lowest BCUT2D eigenvalue weighted by molar-refractivity contribution is 0.414. The predicted octanol–water partition coefficient (Wildman–Crippen LogP) is 3.61. The average Bonchev–Trinajstić information content (AvgIpc) is 3.22. The number of rotatable bonds is 6. The summed E-state index contributed by atoms with van der Waals surface area (Å²) in [5, 5.41) is 12.1. The Morgan fingerprint density at radius 2 is 1.95 bits per heavy atom. The SMILES string of the molecule is COc1ccc(-c2nc(CSc3nnc(SC)s3)no2)cc1. The highest BCUT2D eigenvalue weighted by atomic mass is 32.2. The summed E-state index contributed by atoms with van der Waals surface area (Å²) >= 11 is 4.70. The maximum atomic E-state index is 5.29. The third-order valence-corrected chi connectivity index (χ3v) is 5.72. The Hall–Kier alpha value is -1.58. The summed E-state index contributed by atoms with van der Waals surface area (Å²) in [5.74, 6) is 2.53. The van der Waals surface area contributed by atoms with E-state index in [2.05, 4.69) is 20.3 Å². The molecule has 0 fully saturated rings. The van der Waals surface area contributed by atoms with Crippen LogP contribution in [-0.2, 0) is 5.75 Å². The molecule has 0 saturated carbocycles. The Bertz CT molecular complexity index is 742. The molecule has 0 aliphatic carbocycles. The first-order valence-electron chi connectivity index (χ1n) is 6.26. The number of ether oxygens (including phenoxy) is 1. The minimum absolute atomic E-state index is 0.500. The normalized spacial score (nSPS) is 10.8. The van der Waals surface area contributed by atoms with Gasteiger partial charge in [-0.3, -0.25) is 0 Å². The highest BCUT2D eigenvalue weighted by molar-refractivity contribution is 8.02. The van der Waals surface area contributed by atoms with Crippen molar-refractivity contribution in [3.05, 3.63) is 30.1 Å². The van der Waals surface area contributed by atoms with Crippen LogP contribution in [0.2, 0.25) is 0 Å². The van der Waals surface area contributed by atoms with Gasteiger partial charge in [-0.1, -0.05) is 40.0 Å². The van der Waals surface area contributed by atoms with E-state index < -0.39 is 0 Å². The van der Waals surface area contributed by atoms with Crippen molar-refractivity contribution < 1.29 is 9.26 Å². The van der Waals surface area contributed by atoms with Crippen LogP contribution in [0.15, 0.2) is 37.5 Å². The van der Waals surface area contributed by atoms with Gasteiger partial charge in [0.15, 0.2) is 14.5 Å². The van der Waals surface area contributed by atoms with Crippen molar-refractivity contribution in [2.45, 2.75) is 14.4 Å². The number of thioether (sulfide) groups is 2. The van der Waals surface area contributed by atoms with Crippen LogP contribution in [0.25, 0.3) is 11.5 Å². The summed E-state index contributed by atoms with van der Waals surface area (Å²) in [4.78, 5) is 4.39. The van der Waals surface area contributed by atoms with Gasteiger partial charge in [0.1, 0.15) is 5.75 Å². The van der Waals surface area contributed by atoms with Crippen LogP contribution < -0.4 is 4.74 Å². The Kier molecular flexibility index (Phi) is 4.96. The van der Waals surface area contributed by atoms with Crippen molar-refractivity contribution in [3.63, 3.8) is 0 Å². The summed E-state index contributed by atoms with van der Waals surface area (Å²) in [7, 11) is 1.63. The lowest BCUT2D eigenvalue weighted by Crippen LogP contribution is -1.85. The summed E-state index contributed by atoms with van der Waals surface area (Å²) in [6, 6.07) is 7.50. The molecule has 1 aromatic carbocycles. The Labute approximate surface area is 139 Å². The van der Waals surface area contributed by atoms with Gasteiger partial charge in [0.05, 0.1) is 12.9 Å². The van der Waals surface area contributed by atoms with Gasteiger partial charge in [0.25, 0.3) is 5.89 Å². The molecule has 6 nitrogen and oxygen atoms in total. The molecule has 0 radical (unpaired) electrons. The molecule has 0 spiro atoms. The molecule has 0 aliphatic heterocycles. The number of aromatic nitrogens is 4. The van der Waals surface area contributed by atoms with E-state index in [0.717, 1.165) is 20.0 Å². The maximum absolute atomic E-state index is 5.29. The van der Waals surface area contributed by atoms with Crippen LogP contribution in [0.3, 0.4) is 0 Å². The second-order valence-electron chi connectivity index (χ2n) is 4.07. The van der Waals surface area contributed by atoms with Gasteiger partial charge in [-0.05, 0) is 30.5 Å². The van der Waals surface area contributed by atoms with Crippen LogP contribution in [-0.4, -0.2) is 33.7 Å². The minimum Gasteiger partial charge on any atom is -0.497 e. The van der Waals surface area contributed by atoms with Gasteiger partial charge in [-0.2, -0.15) is 4.98 Å². The molecule has 0 unspecified atom stereocenters. The standard InChI is InChI=1S/C13H12N4O2S3/c1-18-9-5-3-8(4-6-9)11-14-10(17-19-11)7-21-13-16-15-12(20-2)22-13/h3-6H,7H2,1-2H3. The lowest BCUT2D eigenvalue weighted by Gasteiger charge is -1.98. The fourth-order valence-electron chi connectivity index (χ4n) is 1.63. The van der Waals surface area contributed by atoms with Crippen molar-refractivity contribution in [1.82, 2.24) is 20.3 Å². The molecule has 2 aromatic heterocycles. The zero-order valence-corrected chi connectivity index (χ0v) is 14.3. The molecule has 9 heteroatoms. The number of nitrogens with zero attached hydrogens (tertiary/aromatic N) is 4. The first-order valence-corrected chi connectivity index (χ1v) is 9.28. The van der Waals surface area contributed by atoms with Gasteiger partial charge in [-0.25, -0.2) is 0 Å². The zero-order valence-electron chi connectivity index (χ0n) is 11.8. The summed E-state index contributed by atoms with van der Waals surface area (Å²) in [6.45, 7) is 0. The fraction of sp³-hybridized carbons (Fsp3) is 0.231. The highest BCUT2D eigenvalue weighted by Gasteiger charge is 2.11. The van der Waals surface area contributed by atoms with Gasteiger partial charge < -0.3 is 9.26 Å². The van der Waals surface area contributed by atoms with Gasteiger partial charge in [0.2, 0.25) is 0 Å². The average molecular weight is 352 g/mol. The smallest absolute Gasteiger partial charge is 0.257 e. The molecule has 3 aromatic rings. The van der Waals surface area contributed by atoms with E-state index in [9.17, 15) is 0 Å². The molecule has 22 heavy (non-hydrogen) atoms. The van der Waals surface area contributed by atoms with Crippen LogP contribution in [0.1, 0.15) is 5.82 Å². The van der Waals surface area contributed by atoms with E-state index in [1.807, 2.05) is 30.5 Å². The van der Waals surface area contributed by atoms with Crippen molar-refractivity contribution in [1.29, 1.82) is 0 Å². The van der Waals surface area contributed by atoms with Crippen molar-refractivity contribution >= 4 is 34.9 Å². The topological polar surface area (TPSA) is 73.9 Å². The van der Waals surface area contributed by atoms with E-state index in [1.165, 1.54) is 0 Å². The number of hydrogen-bond donors (Lipinski definition) is 0. The molecule has 0 aliphatic rings. The van der Waals surface area contributed by atoms with Crippen LogP contribution in [0, 0.1) is 0 Å². The minimum atomic E-state index is 0.500. The zero-order chi connectivity index (χ0) is 15.4. The largest absolute Gasteiger partial charge is 0.497 e. The first kappa shape index (κ1) is 15.3. The van der Waals surface area contributed by atoms with E-state index in [0.29, 0.717) is 17.5 Å². The highest BCUT2D eigenvalue weighted by Crippen LogP contribution is 2.29. The first-order chi connectivity index (χ1) is 10.8. The second kappa shape index (κ2) is 7.12. The van der Waals surface area contributed by atoms with Crippen molar-refractivity contribution in [2.75, 3.05) is 13.4 Å². The number of hydrogen-bond acceptors (Lipinski definition) is 9. The van der Waals surface area contributed by atoms with Crippen LogP contribution in [0.4, 0.5) is 0 Å². The molecule has 3 rings (SSSR count). The molecule has 2 heterocycles. The monoisotopic (exact) mass is 352 g/mol. The molecule has 0 bridgehead atoms. The molecule has 0 atom stereocenters. The Morgan fingerprint density at radius 1 is 1.18 bits per heavy atom. The Balaban J connectivity index is 1.65. The molecule has 0 N–H and O–H groups in total. The van der Waals surface area contributed by atoms with Gasteiger partial charge in [0, 0.05) is 5.56 Å². The Morgan fingerprint density at radius 3 is 2.64 bits per heavy atom. The fourth-order valence-corrected chi connectivity index (χ4v) is 3.91. The van der Waals surface area contributed by atoms with E-state index in [1.54, 1.807) is 42.0 Å². The second-order valence-corrected chi connectivity index (χ2v) is 7.32. The number of methoxy groups -OCH3 is 1. The molecule has 0 amide bonds. The summed E-state index contributed by atoms with van der Waals surface area (Å²) in [6.07, 6.45) is 1.98. The molecular formula is C13H12N4O2S3. The number of benzene rings is 1. The van der Waals surface area contributed by atoms with Crippen LogP contribution in [0.5, 0.6) is 5.75 Å². The summed E-state index contributed by atoms with van der Waals surface area (Å²) < 4.78 is 12.3. The van der Waals surface area contributed by atoms with Crippen LogP contribution >= 0.6 is 34.9 Å². The van der Waals surface area contributed by atoms with E-state index in [4.69, 9.17) is 9.26 Å². The predicted molar refractivity (Wildman–Crippen MR) is 87.5 cm³/mol. The third-order valence-electron chi connectivity index (χ3n) is 2.69.